The molecular formula is C17H19FN4O4S. The summed E-state index contributed by atoms with van der Waals surface area (Å²) in [5.74, 6) is -1.82. The van der Waals surface area contributed by atoms with E-state index in [1.54, 1.807) is 11.6 Å². The minimum Gasteiger partial charge on any atom is -0.350 e. The molecule has 2 aromatic rings. The van der Waals surface area contributed by atoms with Gasteiger partial charge in [-0.05, 0) is 17.7 Å². The van der Waals surface area contributed by atoms with Crippen LogP contribution >= 0.6 is 0 Å². The van der Waals surface area contributed by atoms with Crippen molar-refractivity contribution in [2.45, 2.75) is 18.5 Å². The number of carbonyl (C=O) groups excluding carboxylic acids is 2. The number of imidazole rings is 1. The molecular weight excluding hydrogens is 375 g/mol. The molecule has 144 valence electrons. The molecule has 0 radical (unpaired) electrons. The van der Waals surface area contributed by atoms with E-state index in [1.807, 2.05) is 0 Å². The van der Waals surface area contributed by atoms with Crippen molar-refractivity contribution in [2.24, 2.45) is 7.05 Å². The Morgan fingerprint density at radius 1 is 1.19 bits per heavy atom. The number of benzene rings is 1. The van der Waals surface area contributed by atoms with Crippen LogP contribution in [0.1, 0.15) is 16.1 Å². The predicted molar refractivity (Wildman–Crippen MR) is 95.2 cm³/mol. The van der Waals surface area contributed by atoms with Gasteiger partial charge in [0.2, 0.25) is 5.91 Å². The molecule has 1 fully saturated rings. The fourth-order valence-electron chi connectivity index (χ4n) is 2.95. The topological polar surface area (TPSA) is 110 Å². The number of sulfone groups is 1. The average Bonchev–Trinajstić information content (AvgIpc) is 3.13. The summed E-state index contributed by atoms with van der Waals surface area (Å²) in [6.07, 6.45) is 2.96. The standard InChI is InChI=1S/C17H19FN4O4S/c1-22-7-13(19-10-22)17(24)21-15-9-27(25,26)8-14(15)20-16(23)6-11-2-4-12(18)5-3-11/h2-5,7,10,14-15H,6,8-9H2,1H3,(H,20,23)(H,21,24)/t14-,15-/m1/s1. The molecule has 1 aromatic heterocycles. The number of rotatable bonds is 5. The molecule has 1 aliphatic rings. The van der Waals surface area contributed by atoms with Crippen molar-refractivity contribution in [1.29, 1.82) is 0 Å². The first kappa shape index (κ1) is 19.0. The van der Waals surface area contributed by atoms with E-state index in [2.05, 4.69) is 15.6 Å². The van der Waals surface area contributed by atoms with E-state index in [0.717, 1.165) is 0 Å². The summed E-state index contributed by atoms with van der Waals surface area (Å²) in [6, 6.07) is 3.98. The van der Waals surface area contributed by atoms with Crippen molar-refractivity contribution < 1.29 is 22.4 Å². The van der Waals surface area contributed by atoms with Crippen LogP contribution in [0.5, 0.6) is 0 Å². The van der Waals surface area contributed by atoms with Crippen LogP contribution in [0, 0.1) is 5.82 Å². The zero-order chi connectivity index (χ0) is 19.6. The van der Waals surface area contributed by atoms with Crippen molar-refractivity contribution >= 4 is 21.7 Å². The first-order chi connectivity index (χ1) is 12.7. The second-order valence-electron chi connectivity index (χ2n) is 6.56. The zero-order valence-electron chi connectivity index (χ0n) is 14.6. The monoisotopic (exact) mass is 394 g/mol. The van der Waals surface area contributed by atoms with Gasteiger partial charge in [-0.3, -0.25) is 9.59 Å². The van der Waals surface area contributed by atoms with Gasteiger partial charge >= 0.3 is 0 Å². The van der Waals surface area contributed by atoms with Crippen molar-refractivity contribution in [3.05, 3.63) is 53.9 Å². The van der Waals surface area contributed by atoms with E-state index < -0.39 is 39.6 Å². The van der Waals surface area contributed by atoms with Gasteiger partial charge in [0.15, 0.2) is 9.84 Å². The molecule has 10 heteroatoms. The Morgan fingerprint density at radius 3 is 2.41 bits per heavy atom. The smallest absolute Gasteiger partial charge is 0.271 e. The number of halogens is 1. The quantitative estimate of drug-likeness (QED) is 0.731. The third kappa shape index (κ3) is 4.91. The molecule has 0 aliphatic carbocycles. The number of carbonyl (C=O) groups is 2. The van der Waals surface area contributed by atoms with E-state index in [0.29, 0.717) is 5.56 Å². The van der Waals surface area contributed by atoms with Crippen molar-refractivity contribution in [2.75, 3.05) is 11.5 Å². The Hall–Kier alpha value is -2.75. The lowest BCUT2D eigenvalue weighted by atomic mass is 10.1. The Labute approximate surface area is 155 Å². The maximum absolute atomic E-state index is 12.9. The lowest BCUT2D eigenvalue weighted by molar-refractivity contribution is -0.121. The minimum atomic E-state index is -3.40. The van der Waals surface area contributed by atoms with Crippen LogP contribution in [-0.4, -0.2) is 53.4 Å². The van der Waals surface area contributed by atoms with Crippen LogP contribution in [0.4, 0.5) is 4.39 Å². The van der Waals surface area contributed by atoms with Gasteiger partial charge in [-0.1, -0.05) is 12.1 Å². The Kier molecular flexibility index (Phi) is 5.26. The van der Waals surface area contributed by atoms with Gasteiger partial charge in [0.05, 0.1) is 36.3 Å². The normalized spacial score (nSPS) is 21.0. The molecule has 0 spiro atoms. The van der Waals surface area contributed by atoms with Crippen LogP contribution in [0.15, 0.2) is 36.8 Å². The van der Waals surface area contributed by atoms with Gasteiger partial charge in [-0.2, -0.15) is 0 Å². The fraction of sp³-hybridized carbons (Fsp3) is 0.353. The maximum Gasteiger partial charge on any atom is 0.271 e. The SMILES string of the molecule is Cn1cnc(C(=O)N[C@@H]2CS(=O)(=O)C[C@H]2NC(=O)Cc2ccc(F)cc2)c1. The van der Waals surface area contributed by atoms with Crippen LogP contribution in [0.3, 0.4) is 0 Å². The number of hydrogen-bond donors (Lipinski definition) is 2. The van der Waals surface area contributed by atoms with Crippen molar-refractivity contribution in [3.63, 3.8) is 0 Å². The second kappa shape index (κ2) is 7.47. The number of hydrogen-bond acceptors (Lipinski definition) is 5. The third-order valence-electron chi connectivity index (χ3n) is 4.23. The fourth-order valence-corrected chi connectivity index (χ4v) is 4.81. The number of nitrogens with zero attached hydrogens (tertiary/aromatic N) is 2. The molecule has 8 nitrogen and oxygen atoms in total. The van der Waals surface area contributed by atoms with Crippen LogP contribution in [-0.2, 0) is 28.1 Å². The molecule has 1 aromatic carbocycles. The molecule has 27 heavy (non-hydrogen) atoms. The molecule has 0 unspecified atom stereocenters. The van der Waals surface area contributed by atoms with E-state index in [4.69, 9.17) is 0 Å². The van der Waals surface area contributed by atoms with Gasteiger partial charge in [-0.15, -0.1) is 0 Å². The van der Waals surface area contributed by atoms with E-state index in [1.165, 1.54) is 36.8 Å². The Morgan fingerprint density at radius 2 is 1.81 bits per heavy atom. The van der Waals surface area contributed by atoms with Crippen molar-refractivity contribution in [3.8, 4) is 0 Å². The van der Waals surface area contributed by atoms with Crippen LogP contribution < -0.4 is 10.6 Å². The van der Waals surface area contributed by atoms with E-state index in [-0.39, 0.29) is 23.6 Å². The summed E-state index contributed by atoms with van der Waals surface area (Å²) in [5, 5.41) is 5.29. The Balaban J connectivity index is 1.65. The van der Waals surface area contributed by atoms with Gasteiger partial charge in [-0.25, -0.2) is 17.8 Å². The zero-order valence-corrected chi connectivity index (χ0v) is 15.4. The molecule has 1 saturated heterocycles. The number of nitrogens with one attached hydrogen (secondary N) is 2. The molecule has 2 N–H and O–H groups in total. The lowest BCUT2D eigenvalue weighted by Crippen LogP contribution is -2.51. The van der Waals surface area contributed by atoms with Gasteiger partial charge in [0.25, 0.3) is 5.91 Å². The van der Waals surface area contributed by atoms with Gasteiger partial charge in [0, 0.05) is 13.2 Å². The molecule has 2 atom stereocenters. The number of aromatic nitrogens is 2. The highest BCUT2D eigenvalue weighted by Gasteiger charge is 2.39. The number of aryl methyl sites for hydroxylation is 1. The summed E-state index contributed by atoms with van der Waals surface area (Å²) in [6.45, 7) is 0. The summed E-state index contributed by atoms with van der Waals surface area (Å²) >= 11 is 0. The Bertz CT molecular complexity index is 956. The summed E-state index contributed by atoms with van der Waals surface area (Å²) in [4.78, 5) is 28.4. The highest BCUT2D eigenvalue weighted by Crippen LogP contribution is 2.14. The van der Waals surface area contributed by atoms with Crippen LogP contribution in [0.2, 0.25) is 0 Å². The first-order valence-corrected chi connectivity index (χ1v) is 10.1. The highest BCUT2D eigenvalue weighted by molar-refractivity contribution is 7.91. The van der Waals surface area contributed by atoms with Gasteiger partial charge in [0.1, 0.15) is 11.5 Å². The van der Waals surface area contributed by atoms with Crippen LogP contribution in [0.25, 0.3) is 0 Å². The first-order valence-electron chi connectivity index (χ1n) is 8.25. The van der Waals surface area contributed by atoms with Crippen molar-refractivity contribution in [1.82, 2.24) is 20.2 Å². The van der Waals surface area contributed by atoms with Gasteiger partial charge < -0.3 is 15.2 Å². The average molecular weight is 394 g/mol. The summed E-state index contributed by atoms with van der Waals surface area (Å²) in [5.41, 5.74) is 0.766. The molecule has 2 amide bonds. The third-order valence-corrected chi connectivity index (χ3v) is 5.96. The second-order valence-corrected chi connectivity index (χ2v) is 8.71. The van der Waals surface area contributed by atoms with E-state index >= 15 is 0 Å². The molecule has 3 rings (SSSR count). The number of amides is 2. The lowest BCUT2D eigenvalue weighted by Gasteiger charge is -2.20. The predicted octanol–water partition coefficient (Wildman–Crippen LogP) is -0.186. The largest absolute Gasteiger partial charge is 0.350 e. The highest BCUT2D eigenvalue weighted by atomic mass is 32.2. The molecule has 0 saturated carbocycles. The molecule has 0 bridgehead atoms. The maximum atomic E-state index is 12.9. The summed E-state index contributed by atoms with van der Waals surface area (Å²) < 4.78 is 38.5. The molecule has 2 heterocycles. The minimum absolute atomic E-state index is 0.0161. The van der Waals surface area contributed by atoms with E-state index in [9.17, 15) is 22.4 Å². The molecule has 1 aliphatic heterocycles. The summed E-state index contributed by atoms with van der Waals surface area (Å²) in [7, 11) is -1.69.